The Bertz CT molecular complexity index is 719. The summed E-state index contributed by atoms with van der Waals surface area (Å²) in [5, 5.41) is 0. The molecule has 1 aromatic carbocycles. The van der Waals surface area contributed by atoms with E-state index in [0.29, 0.717) is 39.1 Å². The first-order valence-corrected chi connectivity index (χ1v) is 10.4. The number of piperidine rings is 1. The summed E-state index contributed by atoms with van der Waals surface area (Å²) >= 11 is 0. The van der Waals surface area contributed by atoms with Crippen LogP contribution in [0.2, 0.25) is 0 Å². The van der Waals surface area contributed by atoms with Gasteiger partial charge in [0.15, 0.2) is 5.79 Å². The van der Waals surface area contributed by atoms with E-state index >= 15 is 0 Å². The number of ether oxygens (including phenoxy) is 2. The normalized spacial score (nSPS) is 31.3. The smallest absolute Gasteiger partial charge is 0.279 e. The quantitative estimate of drug-likeness (QED) is 0.883. The number of benzene rings is 1. The first-order valence-electron chi connectivity index (χ1n) is 8.94. The van der Waals surface area contributed by atoms with E-state index in [1.807, 2.05) is 18.2 Å². The minimum Gasteiger partial charge on any atom is -0.347 e. The van der Waals surface area contributed by atoms with Gasteiger partial charge in [0.1, 0.15) is 0 Å². The van der Waals surface area contributed by atoms with E-state index in [2.05, 4.69) is 30.7 Å². The van der Waals surface area contributed by atoms with Gasteiger partial charge in [0.05, 0.1) is 13.2 Å². The van der Waals surface area contributed by atoms with Crippen molar-refractivity contribution < 1.29 is 17.9 Å². The van der Waals surface area contributed by atoms with Gasteiger partial charge in [0, 0.05) is 37.9 Å². The van der Waals surface area contributed by atoms with Gasteiger partial charge >= 0.3 is 0 Å². The summed E-state index contributed by atoms with van der Waals surface area (Å²) in [6, 6.07) is 10.0. The Morgan fingerprint density at radius 1 is 1.08 bits per heavy atom. The first-order chi connectivity index (χ1) is 11.8. The van der Waals surface area contributed by atoms with E-state index in [9.17, 15) is 8.42 Å². The lowest BCUT2D eigenvalue weighted by Gasteiger charge is -2.36. The zero-order chi connectivity index (χ0) is 17.7. The molecule has 25 heavy (non-hydrogen) atoms. The molecule has 1 spiro atoms. The lowest BCUT2D eigenvalue weighted by molar-refractivity contribution is -0.179. The molecule has 2 atom stereocenters. The summed E-state index contributed by atoms with van der Waals surface area (Å²) in [4.78, 5) is 0. The monoisotopic (exact) mass is 366 g/mol. The predicted molar refractivity (Wildman–Crippen MR) is 94.2 cm³/mol. The van der Waals surface area contributed by atoms with E-state index in [0.717, 1.165) is 0 Å². The summed E-state index contributed by atoms with van der Waals surface area (Å²) < 4.78 is 41.5. The summed E-state index contributed by atoms with van der Waals surface area (Å²) in [7, 11) is -3.51. The molecule has 1 aliphatic carbocycles. The maximum absolute atomic E-state index is 12.8. The largest absolute Gasteiger partial charge is 0.347 e. The molecule has 0 unspecified atom stereocenters. The number of rotatable bonds is 4. The molecule has 0 aromatic heterocycles. The van der Waals surface area contributed by atoms with E-state index in [1.165, 1.54) is 9.87 Å². The molecule has 2 saturated heterocycles. The molecule has 138 valence electrons. The molecule has 4 rings (SSSR count). The van der Waals surface area contributed by atoms with Gasteiger partial charge < -0.3 is 9.47 Å². The van der Waals surface area contributed by atoms with E-state index in [1.54, 1.807) is 0 Å². The van der Waals surface area contributed by atoms with Crippen molar-refractivity contribution in [3.8, 4) is 0 Å². The summed E-state index contributed by atoms with van der Waals surface area (Å²) in [5.74, 6) is -0.349. The molecule has 3 fully saturated rings. The number of nitrogens with one attached hydrogen (secondary N) is 1. The third-order valence-electron chi connectivity index (χ3n) is 5.90. The topological polar surface area (TPSA) is 67.9 Å². The molecular formula is C18H26N2O4S. The molecule has 2 heterocycles. The van der Waals surface area contributed by atoms with Gasteiger partial charge in [0.2, 0.25) is 0 Å². The highest BCUT2D eigenvalue weighted by atomic mass is 32.2. The van der Waals surface area contributed by atoms with Crippen molar-refractivity contribution in [1.82, 2.24) is 9.03 Å². The SMILES string of the molecule is CC1(C)[C@@H](NS(=O)(=O)N2CCC3(CC2)OCCO3)[C@@H]1c1ccccc1. The van der Waals surface area contributed by atoms with Gasteiger partial charge in [-0.15, -0.1) is 0 Å². The number of hydrogen-bond acceptors (Lipinski definition) is 4. The van der Waals surface area contributed by atoms with Gasteiger partial charge in [-0.1, -0.05) is 44.2 Å². The Labute approximate surface area is 149 Å². The van der Waals surface area contributed by atoms with Crippen LogP contribution in [0.25, 0.3) is 0 Å². The maximum atomic E-state index is 12.8. The van der Waals surface area contributed by atoms with Crippen molar-refractivity contribution in [2.45, 2.75) is 44.4 Å². The van der Waals surface area contributed by atoms with Gasteiger partial charge in [-0.3, -0.25) is 0 Å². The van der Waals surface area contributed by atoms with E-state index in [-0.39, 0.29) is 17.4 Å². The van der Waals surface area contributed by atoms with Crippen LogP contribution in [0.5, 0.6) is 0 Å². The molecule has 1 aromatic rings. The summed E-state index contributed by atoms with van der Waals surface area (Å²) in [6.07, 6.45) is 1.17. The van der Waals surface area contributed by atoms with Crippen molar-refractivity contribution in [1.29, 1.82) is 0 Å². The van der Waals surface area contributed by atoms with Crippen LogP contribution in [0, 0.1) is 5.41 Å². The van der Waals surface area contributed by atoms with Gasteiger partial charge in [-0.05, 0) is 11.0 Å². The van der Waals surface area contributed by atoms with Crippen LogP contribution in [0.1, 0.15) is 38.2 Å². The summed E-state index contributed by atoms with van der Waals surface area (Å²) in [5.41, 5.74) is 1.11. The predicted octanol–water partition coefficient (Wildman–Crippen LogP) is 1.85. The standard InChI is InChI=1S/C18H26N2O4S/c1-17(2)15(14-6-4-3-5-7-14)16(17)19-25(21,22)20-10-8-18(9-11-20)23-12-13-24-18/h3-7,15-16,19H,8-13H2,1-2H3/t15-,16-/m0/s1. The van der Waals surface area contributed by atoms with Crippen LogP contribution in [0.15, 0.2) is 30.3 Å². The fourth-order valence-corrected chi connectivity index (χ4v) is 5.80. The Balaban J connectivity index is 1.42. The first kappa shape index (κ1) is 17.4. The van der Waals surface area contributed by atoms with Crippen LogP contribution in [-0.4, -0.2) is 50.9 Å². The van der Waals surface area contributed by atoms with Gasteiger partial charge in [-0.25, -0.2) is 0 Å². The van der Waals surface area contributed by atoms with Crippen molar-refractivity contribution in [2.24, 2.45) is 5.41 Å². The average molecular weight is 366 g/mol. The molecule has 0 amide bonds. The second kappa shape index (κ2) is 6.03. The van der Waals surface area contributed by atoms with Crippen LogP contribution >= 0.6 is 0 Å². The maximum Gasteiger partial charge on any atom is 0.279 e. The molecule has 7 heteroatoms. The van der Waals surface area contributed by atoms with Crippen molar-refractivity contribution in [3.63, 3.8) is 0 Å². The molecule has 6 nitrogen and oxygen atoms in total. The lowest BCUT2D eigenvalue weighted by atomic mass is 10.0. The van der Waals surface area contributed by atoms with Crippen LogP contribution in [-0.2, 0) is 19.7 Å². The lowest BCUT2D eigenvalue weighted by Crippen LogP contribution is -2.51. The van der Waals surface area contributed by atoms with Crippen molar-refractivity contribution >= 4 is 10.2 Å². The van der Waals surface area contributed by atoms with Crippen molar-refractivity contribution in [2.75, 3.05) is 26.3 Å². The fourth-order valence-electron chi connectivity index (χ4n) is 4.23. The summed E-state index contributed by atoms with van der Waals surface area (Å²) in [6.45, 7) is 6.28. The number of hydrogen-bond donors (Lipinski definition) is 1. The molecule has 3 aliphatic rings. The van der Waals surface area contributed by atoms with Gasteiger partial charge in [-0.2, -0.15) is 17.4 Å². The highest BCUT2D eigenvalue weighted by Crippen LogP contribution is 2.59. The minimum absolute atomic E-state index is 0.0743. The second-order valence-electron chi connectivity index (χ2n) is 7.82. The Morgan fingerprint density at radius 3 is 2.28 bits per heavy atom. The molecule has 2 aliphatic heterocycles. The van der Waals surface area contributed by atoms with Crippen molar-refractivity contribution in [3.05, 3.63) is 35.9 Å². The fraction of sp³-hybridized carbons (Fsp3) is 0.667. The zero-order valence-electron chi connectivity index (χ0n) is 14.8. The van der Waals surface area contributed by atoms with Gasteiger partial charge in [0.25, 0.3) is 10.2 Å². The molecule has 1 saturated carbocycles. The molecular weight excluding hydrogens is 340 g/mol. The Kier molecular flexibility index (Phi) is 4.20. The third-order valence-corrected chi connectivity index (χ3v) is 7.50. The van der Waals surface area contributed by atoms with Crippen LogP contribution in [0.3, 0.4) is 0 Å². The van der Waals surface area contributed by atoms with Crippen LogP contribution < -0.4 is 4.72 Å². The molecule has 0 radical (unpaired) electrons. The van der Waals surface area contributed by atoms with E-state index < -0.39 is 16.0 Å². The molecule has 0 bridgehead atoms. The van der Waals surface area contributed by atoms with Crippen LogP contribution in [0.4, 0.5) is 0 Å². The zero-order valence-corrected chi connectivity index (χ0v) is 15.6. The van der Waals surface area contributed by atoms with E-state index in [4.69, 9.17) is 9.47 Å². The minimum atomic E-state index is -3.51. The highest BCUT2D eigenvalue weighted by molar-refractivity contribution is 7.87. The second-order valence-corrected chi connectivity index (χ2v) is 9.52. The Morgan fingerprint density at radius 2 is 1.68 bits per heavy atom. The molecule has 1 N–H and O–H groups in total. The highest BCUT2D eigenvalue weighted by Gasteiger charge is 2.60. The Hall–Kier alpha value is -0.990. The third kappa shape index (κ3) is 3.13. The number of nitrogens with zero attached hydrogens (tertiary/aromatic N) is 1. The average Bonchev–Trinajstić information content (AvgIpc) is 2.92.